The van der Waals surface area contributed by atoms with Gasteiger partial charge >= 0.3 is 12.1 Å². The number of rotatable bonds is 6. The summed E-state index contributed by atoms with van der Waals surface area (Å²) in [5, 5.41) is 0. The van der Waals surface area contributed by atoms with Gasteiger partial charge in [-0.15, -0.1) is 0 Å². The van der Waals surface area contributed by atoms with Gasteiger partial charge in [0, 0.05) is 24.2 Å². The van der Waals surface area contributed by atoms with Crippen LogP contribution in [0.15, 0.2) is 11.6 Å². The first-order valence-corrected chi connectivity index (χ1v) is 13.4. The van der Waals surface area contributed by atoms with Crippen molar-refractivity contribution in [3.63, 3.8) is 0 Å². The van der Waals surface area contributed by atoms with E-state index in [1.807, 2.05) is 6.92 Å². The van der Waals surface area contributed by atoms with Crippen molar-refractivity contribution in [2.24, 2.45) is 34.5 Å². The van der Waals surface area contributed by atoms with Crippen LogP contribution in [0.3, 0.4) is 0 Å². The van der Waals surface area contributed by atoms with Gasteiger partial charge < -0.3 is 14.2 Å². The molecule has 0 heterocycles. The highest BCUT2D eigenvalue weighted by Gasteiger charge is 2.71. The molecule has 0 bridgehead atoms. The molecular formula is C28H36O8. The van der Waals surface area contributed by atoms with E-state index in [-0.39, 0.29) is 60.1 Å². The molecular weight excluding hydrogens is 464 g/mol. The summed E-state index contributed by atoms with van der Waals surface area (Å²) >= 11 is 0. The fourth-order valence-corrected chi connectivity index (χ4v) is 8.03. The SMILES string of the molecule is CCOC(=O)O[C@]1(C(=O)COC(=O)C2CC2)CC[C@H]2[C@@H]3CCC4=CC(=O)CC[C@]4(C)[C@H]3C(=O)C[C@@]21C. The van der Waals surface area contributed by atoms with E-state index in [1.54, 1.807) is 13.0 Å². The second-order valence-electron chi connectivity index (χ2n) is 11.9. The number of hydrogen-bond acceptors (Lipinski definition) is 8. The minimum absolute atomic E-state index is 0.0197. The first kappa shape index (κ1) is 25.2. The fourth-order valence-electron chi connectivity index (χ4n) is 8.03. The van der Waals surface area contributed by atoms with Crippen molar-refractivity contribution in [3.8, 4) is 0 Å². The molecule has 0 aromatic carbocycles. The number of carbonyl (C=O) groups excluding carboxylic acids is 5. The molecule has 5 rings (SSSR count). The highest BCUT2D eigenvalue weighted by molar-refractivity contribution is 5.96. The topological polar surface area (TPSA) is 113 Å². The van der Waals surface area contributed by atoms with Crippen LogP contribution in [0.5, 0.6) is 0 Å². The average molecular weight is 501 g/mol. The number of allylic oxidation sites excluding steroid dienone is 1. The molecule has 4 saturated carbocycles. The van der Waals surface area contributed by atoms with E-state index in [9.17, 15) is 24.0 Å². The summed E-state index contributed by atoms with van der Waals surface area (Å²) in [5.74, 6) is -1.06. The van der Waals surface area contributed by atoms with Crippen LogP contribution in [0.2, 0.25) is 0 Å². The Hall–Kier alpha value is -2.51. The lowest BCUT2D eigenvalue weighted by Gasteiger charge is -2.57. The summed E-state index contributed by atoms with van der Waals surface area (Å²) in [4.78, 5) is 64.5. The highest BCUT2D eigenvalue weighted by Crippen LogP contribution is 2.67. The molecule has 4 fully saturated rings. The lowest BCUT2D eigenvalue weighted by Crippen LogP contribution is -2.62. The molecule has 8 heteroatoms. The Balaban J connectivity index is 1.47. The Bertz CT molecular complexity index is 1040. The molecule has 6 atom stereocenters. The normalized spacial score (nSPS) is 39.3. The number of carbonyl (C=O) groups is 5. The van der Waals surface area contributed by atoms with E-state index in [0.29, 0.717) is 19.3 Å². The van der Waals surface area contributed by atoms with E-state index in [0.717, 1.165) is 31.3 Å². The monoisotopic (exact) mass is 500 g/mol. The van der Waals surface area contributed by atoms with Crippen LogP contribution in [0.25, 0.3) is 0 Å². The molecule has 0 spiro atoms. The minimum Gasteiger partial charge on any atom is -0.457 e. The maximum atomic E-state index is 13.9. The summed E-state index contributed by atoms with van der Waals surface area (Å²) < 4.78 is 16.2. The van der Waals surface area contributed by atoms with Gasteiger partial charge in [0.05, 0.1) is 12.5 Å². The number of Topliss-reactive ketones (excluding diaryl/α,β-unsaturated/α-hetero) is 2. The molecule has 0 amide bonds. The third kappa shape index (κ3) is 3.74. The third-order valence-corrected chi connectivity index (χ3v) is 10.0. The molecule has 0 aromatic heterocycles. The number of ether oxygens (including phenoxy) is 3. The maximum absolute atomic E-state index is 13.9. The minimum atomic E-state index is -1.59. The standard InChI is InChI=1S/C28H36O8/c1-4-34-25(33)36-28(22(31)15-35-24(32)16-5-6-16)12-10-20-19-8-7-17-13-18(29)9-11-26(17,2)23(19)21(30)14-27(20,28)3/h13,16,19-20,23H,4-12,14-15H2,1-3H3/t19-,20-,23+,26-,27-,28-/m0/s1. The summed E-state index contributed by atoms with van der Waals surface area (Å²) in [6, 6.07) is 0. The van der Waals surface area contributed by atoms with Crippen LogP contribution in [0.4, 0.5) is 4.79 Å². The molecule has 5 aliphatic rings. The van der Waals surface area contributed by atoms with Crippen LogP contribution in [0, 0.1) is 34.5 Å². The third-order valence-electron chi connectivity index (χ3n) is 10.0. The zero-order valence-electron chi connectivity index (χ0n) is 21.4. The number of ketones is 3. The molecule has 8 nitrogen and oxygen atoms in total. The van der Waals surface area contributed by atoms with Crippen molar-refractivity contribution in [3.05, 3.63) is 11.6 Å². The van der Waals surface area contributed by atoms with Crippen molar-refractivity contribution in [2.75, 3.05) is 13.2 Å². The molecule has 5 aliphatic carbocycles. The zero-order valence-corrected chi connectivity index (χ0v) is 21.4. The maximum Gasteiger partial charge on any atom is 0.509 e. The molecule has 0 aromatic rings. The van der Waals surface area contributed by atoms with Gasteiger partial charge in [-0.2, -0.15) is 0 Å². The Morgan fingerprint density at radius 3 is 2.44 bits per heavy atom. The summed E-state index contributed by atoms with van der Waals surface area (Å²) in [6.07, 6.45) is 5.93. The van der Waals surface area contributed by atoms with Crippen molar-refractivity contribution in [2.45, 2.75) is 84.2 Å². The van der Waals surface area contributed by atoms with E-state index < -0.39 is 35.5 Å². The van der Waals surface area contributed by atoms with Gasteiger partial charge in [-0.05, 0) is 75.2 Å². The summed E-state index contributed by atoms with van der Waals surface area (Å²) in [6.45, 7) is 5.27. The second-order valence-corrected chi connectivity index (χ2v) is 11.9. The van der Waals surface area contributed by atoms with Gasteiger partial charge in [-0.25, -0.2) is 4.79 Å². The van der Waals surface area contributed by atoms with E-state index >= 15 is 0 Å². The molecule has 196 valence electrons. The molecule has 0 aliphatic heterocycles. The Morgan fingerprint density at radius 2 is 1.75 bits per heavy atom. The molecule has 0 saturated heterocycles. The Kier molecular flexibility index (Phi) is 6.15. The van der Waals surface area contributed by atoms with Crippen LogP contribution in [0.1, 0.15) is 78.6 Å². The van der Waals surface area contributed by atoms with E-state index in [1.165, 1.54) is 0 Å². The van der Waals surface area contributed by atoms with Gasteiger partial charge in [-0.3, -0.25) is 19.2 Å². The van der Waals surface area contributed by atoms with Gasteiger partial charge in [0.2, 0.25) is 5.78 Å². The molecule has 0 N–H and O–H groups in total. The number of esters is 1. The zero-order chi connectivity index (χ0) is 25.9. The average Bonchev–Trinajstić information content (AvgIpc) is 3.63. The lowest BCUT2D eigenvalue weighted by atomic mass is 9.46. The van der Waals surface area contributed by atoms with Gasteiger partial charge in [0.25, 0.3) is 0 Å². The smallest absolute Gasteiger partial charge is 0.457 e. The van der Waals surface area contributed by atoms with Gasteiger partial charge in [0.15, 0.2) is 18.0 Å². The second kappa shape index (κ2) is 8.80. The summed E-state index contributed by atoms with van der Waals surface area (Å²) in [7, 11) is 0. The number of fused-ring (bicyclic) bond motifs is 5. The Morgan fingerprint density at radius 1 is 1.00 bits per heavy atom. The largest absolute Gasteiger partial charge is 0.509 e. The molecule has 36 heavy (non-hydrogen) atoms. The fraction of sp³-hybridized carbons (Fsp3) is 0.750. The van der Waals surface area contributed by atoms with E-state index in [4.69, 9.17) is 14.2 Å². The summed E-state index contributed by atoms with van der Waals surface area (Å²) in [5.41, 5.74) is -1.80. The number of hydrogen-bond donors (Lipinski definition) is 0. The van der Waals surface area contributed by atoms with Crippen molar-refractivity contribution < 1.29 is 38.2 Å². The molecule has 0 unspecified atom stereocenters. The Labute approximate surface area is 211 Å². The first-order chi connectivity index (χ1) is 17.1. The van der Waals surface area contributed by atoms with Crippen molar-refractivity contribution in [1.29, 1.82) is 0 Å². The van der Waals surface area contributed by atoms with Gasteiger partial charge in [-0.1, -0.05) is 19.4 Å². The first-order valence-electron chi connectivity index (χ1n) is 13.4. The molecule has 0 radical (unpaired) electrons. The lowest BCUT2D eigenvalue weighted by molar-refractivity contribution is -0.177. The van der Waals surface area contributed by atoms with Crippen molar-refractivity contribution >= 4 is 29.5 Å². The van der Waals surface area contributed by atoms with Crippen LogP contribution in [-0.2, 0) is 33.4 Å². The van der Waals surface area contributed by atoms with Crippen LogP contribution >= 0.6 is 0 Å². The van der Waals surface area contributed by atoms with E-state index in [2.05, 4.69) is 6.92 Å². The van der Waals surface area contributed by atoms with Crippen LogP contribution in [-0.4, -0.2) is 48.3 Å². The predicted octanol–water partition coefficient (Wildman–Crippen LogP) is 4.13. The highest BCUT2D eigenvalue weighted by atomic mass is 16.7. The predicted molar refractivity (Wildman–Crippen MR) is 127 cm³/mol. The quantitative estimate of drug-likeness (QED) is 0.500. The van der Waals surface area contributed by atoms with Gasteiger partial charge in [0.1, 0.15) is 5.78 Å². The van der Waals surface area contributed by atoms with Crippen LogP contribution < -0.4 is 0 Å². The van der Waals surface area contributed by atoms with Crippen molar-refractivity contribution in [1.82, 2.24) is 0 Å².